The van der Waals surface area contributed by atoms with Gasteiger partial charge in [0.2, 0.25) is 0 Å². The third kappa shape index (κ3) is 2.80. The summed E-state index contributed by atoms with van der Waals surface area (Å²) in [5.41, 5.74) is 6.70. The molecular weight excluding hydrogens is 204 g/mol. The van der Waals surface area contributed by atoms with Gasteiger partial charge in [-0.05, 0) is 37.1 Å². The van der Waals surface area contributed by atoms with E-state index in [1.807, 2.05) is 5.51 Å². The number of thiazole rings is 1. The largest absolute Gasteiger partial charge is 0.379 e. The number of aryl methyl sites for hydroxylation is 2. The summed E-state index contributed by atoms with van der Waals surface area (Å²) in [6.07, 6.45) is 0. The number of nitrogens with one attached hydrogen (secondary N) is 1. The summed E-state index contributed by atoms with van der Waals surface area (Å²) >= 11 is 1.63. The molecule has 0 saturated carbocycles. The topological polar surface area (TPSA) is 24.9 Å². The first-order chi connectivity index (χ1) is 7.24. The molecule has 0 amide bonds. The lowest BCUT2D eigenvalue weighted by Crippen LogP contribution is -1.99. The lowest BCUT2D eigenvalue weighted by atomic mass is 10.1. The van der Waals surface area contributed by atoms with Crippen LogP contribution in [-0.2, 0) is 6.54 Å². The van der Waals surface area contributed by atoms with Crippen molar-refractivity contribution in [1.82, 2.24) is 4.98 Å². The zero-order valence-electron chi connectivity index (χ0n) is 8.95. The minimum Gasteiger partial charge on any atom is -0.379 e. The summed E-state index contributed by atoms with van der Waals surface area (Å²) in [7, 11) is 0. The SMILES string of the molecule is Cc1cc(C)cc(NCc2cscn2)c1. The second kappa shape index (κ2) is 4.45. The molecule has 0 bridgehead atoms. The number of hydrogen-bond acceptors (Lipinski definition) is 3. The molecule has 1 heterocycles. The molecule has 0 aliphatic carbocycles. The molecule has 2 nitrogen and oxygen atoms in total. The molecule has 0 aliphatic heterocycles. The second-order valence-electron chi connectivity index (χ2n) is 3.71. The van der Waals surface area contributed by atoms with E-state index in [4.69, 9.17) is 0 Å². The third-order valence-corrected chi connectivity index (χ3v) is 2.81. The van der Waals surface area contributed by atoms with Crippen molar-refractivity contribution in [3.8, 4) is 0 Å². The second-order valence-corrected chi connectivity index (χ2v) is 4.43. The molecule has 1 aromatic heterocycles. The Morgan fingerprint density at radius 3 is 2.53 bits per heavy atom. The van der Waals surface area contributed by atoms with Gasteiger partial charge in [0.1, 0.15) is 0 Å². The molecule has 1 aromatic carbocycles. The van der Waals surface area contributed by atoms with Crippen LogP contribution in [0.15, 0.2) is 29.1 Å². The molecule has 3 heteroatoms. The number of hydrogen-bond donors (Lipinski definition) is 1. The number of nitrogens with zero attached hydrogens (tertiary/aromatic N) is 1. The summed E-state index contributed by atoms with van der Waals surface area (Å²) in [6.45, 7) is 5.02. The van der Waals surface area contributed by atoms with Gasteiger partial charge in [0.25, 0.3) is 0 Å². The molecule has 0 atom stereocenters. The van der Waals surface area contributed by atoms with Crippen molar-refractivity contribution in [3.05, 3.63) is 45.9 Å². The van der Waals surface area contributed by atoms with Crippen LogP contribution in [0, 0.1) is 13.8 Å². The summed E-state index contributed by atoms with van der Waals surface area (Å²) in [5.74, 6) is 0. The highest BCUT2D eigenvalue weighted by Crippen LogP contribution is 2.14. The lowest BCUT2D eigenvalue weighted by molar-refractivity contribution is 1.07. The van der Waals surface area contributed by atoms with Crippen LogP contribution in [-0.4, -0.2) is 4.98 Å². The van der Waals surface area contributed by atoms with Gasteiger partial charge in [-0.1, -0.05) is 6.07 Å². The zero-order valence-corrected chi connectivity index (χ0v) is 9.77. The quantitative estimate of drug-likeness (QED) is 0.854. The standard InChI is InChI=1S/C12H14N2S/c1-9-3-10(2)5-11(4-9)13-6-12-7-15-8-14-12/h3-5,7-8,13H,6H2,1-2H3. The fraction of sp³-hybridized carbons (Fsp3) is 0.250. The molecule has 2 aromatic rings. The van der Waals surface area contributed by atoms with E-state index in [9.17, 15) is 0 Å². The molecule has 0 radical (unpaired) electrons. The van der Waals surface area contributed by atoms with E-state index in [-0.39, 0.29) is 0 Å². The monoisotopic (exact) mass is 218 g/mol. The summed E-state index contributed by atoms with van der Waals surface area (Å²) in [4.78, 5) is 4.23. The maximum atomic E-state index is 4.23. The number of benzene rings is 1. The maximum Gasteiger partial charge on any atom is 0.0795 e. The fourth-order valence-corrected chi connectivity index (χ4v) is 2.15. The molecule has 2 rings (SSSR count). The Kier molecular flexibility index (Phi) is 3.02. The van der Waals surface area contributed by atoms with E-state index in [2.05, 4.69) is 47.7 Å². The summed E-state index contributed by atoms with van der Waals surface area (Å²) < 4.78 is 0. The van der Waals surface area contributed by atoms with E-state index < -0.39 is 0 Å². The average molecular weight is 218 g/mol. The summed E-state index contributed by atoms with van der Waals surface area (Å²) in [5, 5.41) is 5.44. The lowest BCUT2D eigenvalue weighted by Gasteiger charge is -2.06. The Balaban J connectivity index is 2.05. The van der Waals surface area contributed by atoms with Crippen LogP contribution in [0.1, 0.15) is 16.8 Å². The summed E-state index contributed by atoms with van der Waals surface area (Å²) in [6, 6.07) is 6.48. The van der Waals surface area contributed by atoms with Crippen LogP contribution < -0.4 is 5.32 Å². The van der Waals surface area contributed by atoms with Crippen LogP contribution in [0.4, 0.5) is 5.69 Å². The average Bonchev–Trinajstić information content (AvgIpc) is 2.65. The first-order valence-corrected chi connectivity index (χ1v) is 5.87. The van der Waals surface area contributed by atoms with Gasteiger partial charge in [0, 0.05) is 11.1 Å². The number of anilines is 1. The van der Waals surface area contributed by atoms with Gasteiger partial charge >= 0.3 is 0 Å². The van der Waals surface area contributed by atoms with Gasteiger partial charge in [-0.3, -0.25) is 0 Å². The highest BCUT2D eigenvalue weighted by molar-refractivity contribution is 7.07. The minimum atomic E-state index is 0.798. The number of rotatable bonds is 3. The molecule has 0 spiro atoms. The first-order valence-electron chi connectivity index (χ1n) is 4.93. The fourth-order valence-electron chi connectivity index (χ4n) is 1.59. The van der Waals surface area contributed by atoms with Crippen molar-refractivity contribution < 1.29 is 0 Å². The molecule has 1 N–H and O–H groups in total. The van der Waals surface area contributed by atoms with Crippen molar-refractivity contribution in [2.45, 2.75) is 20.4 Å². The van der Waals surface area contributed by atoms with Crippen LogP contribution >= 0.6 is 11.3 Å². The van der Waals surface area contributed by atoms with E-state index in [1.54, 1.807) is 11.3 Å². The van der Waals surface area contributed by atoms with Gasteiger partial charge in [0.05, 0.1) is 17.7 Å². The smallest absolute Gasteiger partial charge is 0.0795 e. The predicted octanol–water partition coefficient (Wildman–Crippen LogP) is 3.37. The van der Waals surface area contributed by atoms with Gasteiger partial charge in [-0.15, -0.1) is 11.3 Å². The van der Waals surface area contributed by atoms with Gasteiger partial charge < -0.3 is 5.32 Å². The third-order valence-electron chi connectivity index (χ3n) is 2.18. The molecule has 15 heavy (non-hydrogen) atoms. The van der Waals surface area contributed by atoms with Crippen molar-refractivity contribution in [3.63, 3.8) is 0 Å². The predicted molar refractivity (Wildman–Crippen MR) is 65.4 cm³/mol. The Morgan fingerprint density at radius 2 is 1.93 bits per heavy atom. The Labute approximate surface area is 94.0 Å². The normalized spacial score (nSPS) is 10.3. The molecule has 0 aliphatic rings. The molecular formula is C12H14N2S. The van der Waals surface area contributed by atoms with E-state index in [0.717, 1.165) is 12.2 Å². The van der Waals surface area contributed by atoms with E-state index >= 15 is 0 Å². The molecule has 0 unspecified atom stereocenters. The first kappa shape index (κ1) is 10.2. The van der Waals surface area contributed by atoms with Crippen LogP contribution in [0.5, 0.6) is 0 Å². The zero-order chi connectivity index (χ0) is 10.7. The van der Waals surface area contributed by atoms with Gasteiger partial charge in [0.15, 0.2) is 0 Å². The van der Waals surface area contributed by atoms with E-state index in [1.165, 1.54) is 16.8 Å². The highest BCUT2D eigenvalue weighted by atomic mass is 32.1. The highest BCUT2D eigenvalue weighted by Gasteiger charge is 1.97. The van der Waals surface area contributed by atoms with Crippen molar-refractivity contribution in [2.75, 3.05) is 5.32 Å². The molecule has 0 saturated heterocycles. The van der Waals surface area contributed by atoms with Crippen LogP contribution in [0.25, 0.3) is 0 Å². The molecule has 0 fully saturated rings. The van der Waals surface area contributed by atoms with E-state index in [0.29, 0.717) is 0 Å². The van der Waals surface area contributed by atoms with Crippen molar-refractivity contribution in [2.24, 2.45) is 0 Å². The van der Waals surface area contributed by atoms with Crippen molar-refractivity contribution in [1.29, 1.82) is 0 Å². The molecule has 78 valence electrons. The number of aromatic nitrogens is 1. The maximum absolute atomic E-state index is 4.23. The Morgan fingerprint density at radius 1 is 1.20 bits per heavy atom. The van der Waals surface area contributed by atoms with Crippen LogP contribution in [0.3, 0.4) is 0 Å². The van der Waals surface area contributed by atoms with Gasteiger partial charge in [-0.2, -0.15) is 0 Å². The van der Waals surface area contributed by atoms with Gasteiger partial charge in [-0.25, -0.2) is 4.98 Å². The Hall–Kier alpha value is -1.35. The van der Waals surface area contributed by atoms with Crippen LogP contribution in [0.2, 0.25) is 0 Å². The van der Waals surface area contributed by atoms with Crippen molar-refractivity contribution >= 4 is 17.0 Å². The minimum absolute atomic E-state index is 0.798. The Bertz CT molecular complexity index is 415.